The van der Waals surface area contributed by atoms with Crippen LogP contribution in [0, 0.1) is 13.8 Å². The number of carbonyl (C=O) groups is 2. The summed E-state index contributed by atoms with van der Waals surface area (Å²) in [5.41, 5.74) is 5.23. The Morgan fingerprint density at radius 2 is 2.00 bits per heavy atom. The smallest absolute Gasteiger partial charge is 0.329 e. The van der Waals surface area contributed by atoms with Gasteiger partial charge in [-0.05, 0) is 49.2 Å². The van der Waals surface area contributed by atoms with Crippen molar-refractivity contribution in [2.75, 3.05) is 11.9 Å². The lowest BCUT2D eigenvalue weighted by Gasteiger charge is -2.09. The van der Waals surface area contributed by atoms with Crippen LogP contribution < -0.4 is 15.5 Å². The van der Waals surface area contributed by atoms with Gasteiger partial charge in [-0.2, -0.15) is 5.10 Å². The summed E-state index contributed by atoms with van der Waals surface area (Å²) >= 11 is 5.97. The molecule has 0 heterocycles. The first-order chi connectivity index (χ1) is 12.9. The van der Waals surface area contributed by atoms with E-state index in [2.05, 4.69) is 22.4 Å². The number of ether oxygens (including phenoxy) is 1. The van der Waals surface area contributed by atoms with E-state index in [-0.39, 0.29) is 0 Å². The van der Waals surface area contributed by atoms with E-state index in [0.29, 0.717) is 28.6 Å². The van der Waals surface area contributed by atoms with E-state index in [0.717, 1.165) is 11.1 Å². The van der Waals surface area contributed by atoms with Crippen LogP contribution in [0.25, 0.3) is 0 Å². The Bertz CT molecular complexity index is 894. The first-order valence-corrected chi connectivity index (χ1v) is 8.54. The minimum atomic E-state index is -0.886. The molecular formula is C20H20ClN3O3. The fourth-order valence-corrected chi connectivity index (χ4v) is 2.36. The highest BCUT2D eigenvalue weighted by atomic mass is 35.5. The fraction of sp³-hybridized carbons (Fsp3) is 0.150. The molecular weight excluding hydrogens is 366 g/mol. The van der Waals surface area contributed by atoms with Crippen LogP contribution in [-0.4, -0.2) is 24.6 Å². The number of benzene rings is 2. The molecule has 0 fully saturated rings. The lowest BCUT2D eigenvalue weighted by atomic mass is 10.1. The summed E-state index contributed by atoms with van der Waals surface area (Å²) in [5.74, 6) is -1.17. The van der Waals surface area contributed by atoms with E-state index in [9.17, 15) is 9.59 Å². The summed E-state index contributed by atoms with van der Waals surface area (Å²) in [6, 6.07) is 10.4. The van der Waals surface area contributed by atoms with Crippen molar-refractivity contribution in [1.29, 1.82) is 0 Å². The predicted octanol–water partition coefficient (Wildman–Crippen LogP) is 3.61. The van der Waals surface area contributed by atoms with E-state index < -0.39 is 11.8 Å². The van der Waals surface area contributed by atoms with Crippen molar-refractivity contribution in [1.82, 2.24) is 5.43 Å². The van der Waals surface area contributed by atoms with Crippen LogP contribution in [0.5, 0.6) is 5.75 Å². The van der Waals surface area contributed by atoms with E-state index in [1.165, 1.54) is 6.21 Å². The third-order valence-electron chi connectivity index (χ3n) is 3.76. The van der Waals surface area contributed by atoms with E-state index in [1.54, 1.807) is 36.4 Å². The second-order valence-electron chi connectivity index (χ2n) is 5.68. The van der Waals surface area contributed by atoms with Crippen LogP contribution in [-0.2, 0) is 9.59 Å². The maximum Gasteiger partial charge on any atom is 0.329 e. The molecule has 6 nitrogen and oxygen atoms in total. The van der Waals surface area contributed by atoms with Gasteiger partial charge in [-0.15, -0.1) is 0 Å². The molecule has 2 aromatic carbocycles. The van der Waals surface area contributed by atoms with Crippen LogP contribution in [0.4, 0.5) is 5.69 Å². The third kappa shape index (κ3) is 5.69. The molecule has 2 N–H and O–H groups in total. The molecule has 0 aliphatic carbocycles. The van der Waals surface area contributed by atoms with Gasteiger partial charge in [0, 0.05) is 16.3 Å². The number of carbonyl (C=O) groups excluding carboxylic acids is 2. The van der Waals surface area contributed by atoms with Crippen molar-refractivity contribution in [2.24, 2.45) is 5.10 Å². The molecule has 2 rings (SSSR count). The molecule has 7 heteroatoms. The molecule has 0 atom stereocenters. The molecule has 2 aromatic rings. The van der Waals surface area contributed by atoms with Crippen molar-refractivity contribution in [2.45, 2.75) is 13.8 Å². The average Bonchev–Trinajstić information content (AvgIpc) is 2.64. The molecule has 0 spiro atoms. The van der Waals surface area contributed by atoms with Crippen LogP contribution in [0.3, 0.4) is 0 Å². The Balaban J connectivity index is 2.02. The molecule has 0 saturated carbocycles. The number of hydrogen-bond acceptors (Lipinski definition) is 4. The Morgan fingerprint density at radius 1 is 1.22 bits per heavy atom. The Hall–Kier alpha value is -3.12. The van der Waals surface area contributed by atoms with Gasteiger partial charge in [-0.25, -0.2) is 5.43 Å². The number of rotatable bonds is 6. The SMILES string of the molecule is C=CCOc1ccc(Cl)cc1/C=N\NC(=O)C(=O)Nc1cccc(C)c1C. The van der Waals surface area contributed by atoms with Crippen molar-refractivity contribution in [3.8, 4) is 5.75 Å². The molecule has 27 heavy (non-hydrogen) atoms. The Kier molecular flexibility index (Phi) is 7.14. The second-order valence-corrected chi connectivity index (χ2v) is 6.12. The van der Waals surface area contributed by atoms with E-state index in [4.69, 9.17) is 16.3 Å². The van der Waals surface area contributed by atoms with Gasteiger partial charge in [0.1, 0.15) is 12.4 Å². The van der Waals surface area contributed by atoms with Gasteiger partial charge < -0.3 is 10.1 Å². The minimum absolute atomic E-state index is 0.313. The van der Waals surface area contributed by atoms with Gasteiger partial charge in [-0.1, -0.05) is 36.4 Å². The zero-order valence-electron chi connectivity index (χ0n) is 15.1. The summed E-state index contributed by atoms with van der Waals surface area (Å²) in [6.07, 6.45) is 2.96. The number of amides is 2. The van der Waals surface area contributed by atoms with Crippen molar-refractivity contribution in [3.63, 3.8) is 0 Å². The van der Waals surface area contributed by atoms with Gasteiger partial charge in [-0.3, -0.25) is 9.59 Å². The Labute approximate surface area is 162 Å². The molecule has 0 aromatic heterocycles. The first kappa shape index (κ1) is 20.2. The van der Waals surface area contributed by atoms with Crippen LogP contribution in [0.1, 0.15) is 16.7 Å². The van der Waals surface area contributed by atoms with Crippen molar-refractivity contribution in [3.05, 3.63) is 70.8 Å². The highest BCUT2D eigenvalue weighted by Gasteiger charge is 2.14. The maximum absolute atomic E-state index is 12.0. The van der Waals surface area contributed by atoms with Gasteiger partial charge in [0.15, 0.2) is 0 Å². The fourth-order valence-electron chi connectivity index (χ4n) is 2.18. The van der Waals surface area contributed by atoms with Crippen molar-refractivity contribution >= 4 is 35.3 Å². The number of aryl methyl sites for hydroxylation is 1. The topological polar surface area (TPSA) is 79.8 Å². The summed E-state index contributed by atoms with van der Waals surface area (Å²) < 4.78 is 5.49. The number of anilines is 1. The molecule has 0 unspecified atom stereocenters. The van der Waals surface area contributed by atoms with E-state index in [1.807, 2.05) is 19.9 Å². The van der Waals surface area contributed by atoms with Crippen LogP contribution >= 0.6 is 11.6 Å². The molecule has 140 valence electrons. The quantitative estimate of drug-likeness (QED) is 0.345. The van der Waals surface area contributed by atoms with Gasteiger partial charge >= 0.3 is 11.8 Å². The molecule has 0 bridgehead atoms. The predicted molar refractivity (Wildman–Crippen MR) is 107 cm³/mol. The number of nitrogens with one attached hydrogen (secondary N) is 2. The third-order valence-corrected chi connectivity index (χ3v) is 3.99. The average molecular weight is 386 g/mol. The lowest BCUT2D eigenvalue weighted by molar-refractivity contribution is -0.136. The molecule has 0 radical (unpaired) electrons. The monoisotopic (exact) mass is 385 g/mol. The zero-order chi connectivity index (χ0) is 19.8. The normalized spacial score (nSPS) is 10.5. The number of nitrogens with zero attached hydrogens (tertiary/aromatic N) is 1. The summed E-state index contributed by atoms with van der Waals surface area (Å²) in [7, 11) is 0. The minimum Gasteiger partial charge on any atom is -0.489 e. The number of halogens is 1. The largest absolute Gasteiger partial charge is 0.489 e. The van der Waals surface area contributed by atoms with Crippen molar-refractivity contribution < 1.29 is 14.3 Å². The van der Waals surface area contributed by atoms with Gasteiger partial charge in [0.2, 0.25) is 0 Å². The van der Waals surface area contributed by atoms with Crippen LogP contribution in [0.2, 0.25) is 5.02 Å². The summed E-state index contributed by atoms with van der Waals surface area (Å²) in [6.45, 7) is 7.69. The van der Waals surface area contributed by atoms with Crippen LogP contribution in [0.15, 0.2) is 54.2 Å². The molecule has 0 aliphatic rings. The molecule has 0 saturated heterocycles. The lowest BCUT2D eigenvalue weighted by Crippen LogP contribution is -2.32. The Morgan fingerprint density at radius 3 is 2.74 bits per heavy atom. The first-order valence-electron chi connectivity index (χ1n) is 8.16. The van der Waals surface area contributed by atoms with Gasteiger partial charge in [0.25, 0.3) is 0 Å². The van der Waals surface area contributed by atoms with Gasteiger partial charge in [0.05, 0.1) is 6.21 Å². The number of hydrogen-bond donors (Lipinski definition) is 2. The summed E-state index contributed by atoms with van der Waals surface area (Å²) in [4.78, 5) is 24.0. The maximum atomic E-state index is 12.0. The zero-order valence-corrected chi connectivity index (χ0v) is 15.8. The number of hydrazone groups is 1. The van der Waals surface area contributed by atoms with E-state index >= 15 is 0 Å². The second kappa shape index (κ2) is 9.54. The molecule has 2 amide bonds. The highest BCUT2D eigenvalue weighted by Crippen LogP contribution is 2.21. The summed E-state index contributed by atoms with van der Waals surface area (Å²) in [5, 5.41) is 6.86. The highest BCUT2D eigenvalue weighted by molar-refractivity contribution is 6.39. The molecule has 0 aliphatic heterocycles. The standard InChI is InChI=1S/C20H20ClN3O3/c1-4-10-27-18-9-8-16(21)11-15(18)12-22-24-20(26)19(25)23-17-7-5-6-13(2)14(17)3/h4-9,11-12H,1,10H2,2-3H3,(H,23,25)(H,24,26)/b22-12-.